The number of nitrogens with zero attached hydrogens (tertiary/aromatic N) is 1. The number of rotatable bonds is 5. The summed E-state index contributed by atoms with van der Waals surface area (Å²) in [5, 5.41) is 7.58. The summed E-state index contributed by atoms with van der Waals surface area (Å²) in [5.74, 6) is -0.142. The Hall–Kier alpha value is -2.50. The Morgan fingerprint density at radius 2 is 2.04 bits per heavy atom. The summed E-state index contributed by atoms with van der Waals surface area (Å²) >= 11 is 7.68. The van der Waals surface area contributed by atoms with Crippen molar-refractivity contribution in [3.63, 3.8) is 0 Å². The molecular weight excluding hydrogens is 390 g/mol. The average molecular weight is 412 g/mol. The minimum Gasteiger partial charge on any atom is -0.349 e. The second-order valence-corrected chi connectivity index (χ2v) is 7.51. The van der Waals surface area contributed by atoms with Crippen molar-refractivity contribution in [3.8, 4) is 0 Å². The van der Waals surface area contributed by atoms with Crippen molar-refractivity contribution in [1.29, 1.82) is 0 Å². The second-order valence-electron chi connectivity index (χ2n) is 6.28. The van der Waals surface area contributed by atoms with Gasteiger partial charge < -0.3 is 10.6 Å². The van der Waals surface area contributed by atoms with Crippen LogP contribution in [0.1, 0.15) is 24.1 Å². The fourth-order valence-electron chi connectivity index (χ4n) is 2.97. The van der Waals surface area contributed by atoms with Gasteiger partial charge in [0, 0.05) is 17.3 Å². The van der Waals surface area contributed by atoms with Crippen LogP contribution in [0.3, 0.4) is 0 Å². The Kier molecular flexibility index (Phi) is 6.95. The Morgan fingerprint density at radius 1 is 1.25 bits per heavy atom. The normalized spacial score (nSPS) is 16.7. The highest BCUT2D eigenvalue weighted by Crippen LogP contribution is 2.33. The largest absolute Gasteiger partial charge is 0.349 e. The lowest BCUT2D eigenvalue weighted by Gasteiger charge is -2.26. The first-order chi connectivity index (χ1) is 13.6. The molecule has 28 heavy (non-hydrogen) atoms. The van der Waals surface area contributed by atoms with Crippen LogP contribution >= 0.6 is 23.4 Å². The van der Waals surface area contributed by atoms with Crippen LogP contribution in [0.25, 0.3) is 6.08 Å². The number of amidine groups is 1. The van der Waals surface area contributed by atoms with E-state index in [0.717, 1.165) is 22.0 Å². The molecule has 1 aliphatic heterocycles. The summed E-state index contributed by atoms with van der Waals surface area (Å²) in [4.78, 5) is 17.6. The minimum atomic E-state index is -0.388. The molecule has 6 heteroatoms. The highest BCUT2D eigenvalue weighted by atomic mass is 35.5. The van der Waals surface area contributed by atoms with Crippen LogP contribution in [0.5, 0.6) is 0 Å². The van der Waals surface area contributed by atoms with E-state index in [0.29, 0.717) is 17.1 Å². The van der Waals surface area contributed by atoms with Crippen molar-refractivity contribution < 1.29 is 4.79 Å². The zero-order chi connectivity index (χ0) is 19.9. The van der Waals surface area contributed by atoms with Gasteiger partial charge in [-0.25, -0.2) is 4.99 Å². The zero-order valence-electron chi connectivity index (χ0n) is 15.8. The zero-order valence-corrected chi connectivity index (χ0v) is 17.3. The second kappa shape index (κ2) is 9.62. The molecule has 0 aliphatic carbocycles. The first-order valence-corrected chi connectivity index (χ1v) is 10.5. The first kappa shape index (κ1) is 20.2. The number of allylic oxidation sites excluding steroid dienone is 1. The lowest BCUT2D eigenvalue weighted by molar-refractivity contribution is -0.117. The van der Waals surface area contributed by atoms with E-state index in [-0.39, 0.29) is 11.9 Å². The van der Waals surface area contributed by atoms with Crippen molar-refractivity contribution in [2.45, 2.75) is 13.0 Å². The Labute approximate surface area is 174 Å². The van der Waals surface area contributed by atoms with E-state index in [4.69, 9.17) is 16.6 Å². The molecule has 1 unspecified atom stereocenters. The molecule has 3 rings (SSSR count). The molecule has 1 heterocycles. The molecule has 0 spiro atoms. The Balaban J connectivity index is 1.77. The number of amides is 1. The van der Waals surface area contributed by atoms with Crippen molar-refractivity contribution in [2.24, 2.45) is 4.99 Å². The summed E-state index contributed by atoms with van der Waals surface area (Å²) in [7, 11) is 0. The average Bonchev–Trinajstić information content (AvgIpc) is 2.71. The molecule has 0 saturated heterocycles. The maximum Gasteiger partial charge on any atom is 0.251 e. The fourth-order valence-corrected chi connectivity index (χ4v) is 3.63. The van der Waals surface area contributed by atoms with Crippen molar-refractivity contribution in [3.05, 3.63) is 88.1 Å². The van der Waals surface area contributed by atoms with E-state index in [1.807, 2.05) is 79.9 Å². The lowest BCUT2D eigenvalue weighted by atomic mass is 9.96. The van der Waals surface area contributed by atoms with Crippen LogP contribution in [-0.4, -0.2) is 23.9 Å². The molecular formula is C22H22ClN3OS. The molecule has 2 N–H and O–H groups in total. The molecule has 0 fully saturated rings. The van der Waals surface area contributed by atoms with Crippen LogP contribution in [0.4, 0.5) is 0 Å². The number of aliphatic imine (C=N–C) groups is 1. The number of carbonyl (C=O) groups excluding carboxylic acids is 1. The molecule has 1 atom stereocenters. The number of benzene rings is 2. The van der Waals surface area contributed by atoms with Gasteiger partial charge in [-0.1, -0.05) is 78.0 Å². The number of halogens is 1. The molecule has 0 radical (unpaired) electrons. The minimum absolute atomic E-state index is 0.142. The van der Waals surface area contributed by atoms with Crippen molar-refractivity contribution in [2.75, 3.05) is 12.8 Å². The molecule has 2 aromatic carbocycles. The van der Waals surface area contributed by atoms with Gasteiger partial charge in [-0.05, 0) is 36.4 Å². The van der Waals surface area contributed by atoms with Crippen LogP contribution in [0.2, 0.25) is 5.02 Å². The van der Waals surface area contributed by atoms with E-state index < -0.39 is 0 Å². The van der Waals surface area contributed by atoms with Gasteiger partial charge >= 0.3 is 0 Å². The topological polar surface area (TPSA) is 53.5 Å². The molecule has 2 aromatic rings. The third kappa shape index (κ3) is 5.06. The van der Waals surface area contributed by atoms with E-state index in [1.165, 1.54) is 11.8 Å². The number of hydrogen-bond donors (Lipinski definition) is 2. The maximum atomic E-state index is 12.9. The van der Waals surface area contributed by atoms with Crippen molar-refractivity contribution in [1.82, 2.24) is 10.6 Å². The molecule has 1 amide bonds. The van der Waals surface area contributed by atoms with Crippen LogP contribution in [-0.2, 0) is 4.79 Å². The van der Waals surface area contributed by atoms with Gasteiger partial charge in [0.2, 0.25) is 0 Å². The molecule has 144 valence electrons. The van der Waals surface area contributed by atoms with E-state index in [1.54, 1.807) is 0 Å². The summed E-state index contributed by atoms with van der Waals surface area (Å²) in [6.45, 7) is 2.34. The van der Waals surface area contributed by atoms with Gasteiger partial charge in [-0.3, -0.25) is 4.79 Å². The number of thioether (sulfide) groups is 1. The van der Waals surface area contributed by atoms with E-state index in [2.05, 4.69) is 10.6 Å². The standard InChI is InChI=1S/C22H22ClN3OS/c1-15-19(21(27)24-13-7-10-16-8-4-3-5-9-16)20(26-22(25-15)28-2)17-11-6-12-18(23)14-17/h3-12,14,20H,13H2,1-2H3,(H,24,27)(H,25,26). The Bertz CT molecular complexity index is 938. The summed E-state index contributed by atoms with van der Waals surface area (Å²) in [5.41, 5.74) is 3.39. The van der Waals surface area contributed by atoms with Gasteiger partial charge in [0.15, 0.2) is 5.17 Å². The predicted molar refractivity (Wildman–Crippen MR) is 119 cm³/mol. The van der Waals surface area contributed by atoms with Crippen LogP contribution in [0.15, 0.2) is 76.9 Å². The van der Waals surface area contributed by atoms with E-state index >= 15 is 0 Å². The number of nitrogens with one attached hydrogen (secondary N) is 2. The molecule has 4 nitrogen and oxygen atoms in total. The predicted octanol–water partition coefficient (Wildman–Crippen LogP) is 4.81. The Morgan fingerprint density at radius 3 is 2.75 bits per heavy atom. The van der Waals surface area contributed by atoms with E-state index in [9.17, 15) is 4.79 Å². The van der Waals surface area contributed by atoms with Crippen LogP contribution in [0, 0.1) is 0 Å². The SMILES string of the molecule is CSC1=NC(c2cccc(Cl)c2)C(C(=O)NCC=Cc2ccccc2)=C(C)N1. The number of hydrogen-bond acceptors (Lipinski definition) is 4. The highest BCUT2D eigenvalue weighted by Gasteiger charge is 2.28. The first-order valence-electron chi connectivity index (χ1n) is 8.93. The molecule has 0 bridgehead atoms. The third-order valence-electron chi connectivity index (χ3n) is 4.31. The third-order valence-corrected chi connectivity index (χ3v) is 5.14. The van der Waals surface area contributed by atoms with Crippen LogP contribution < -0.4 is 10.6 Å². The van der Waals surface area contributed by atoms with Gasteiger partial charge in [-0.2, -0.15) is 0 Å². The fraction of sp³-hybridized carbons (Fsp3) is 0.182. The monoisotopic (exact) mass is 411 g/mol. The quantitative estimate of drug-likeness (QED) is 0.742. The number of carbonyl (C=O) groups is 1. The molecule has 0 aromatic heterocycles. The summed E-state index contributed by atoms with van der Waals surface area (Å²) in [6.07, 6.45) is 5.87. The summed E-state index contributed by atoms with van der Waals surface area (Å²) < 4.78 is 0. The smallest absolute Gasteiger partial charge is 0.251 e. The molecule has 1 aliphatic rings. The van der Waals surface area contributed by atoms with Gasteiger partial charge in [0.05, 0.1) is 5.57 Å². The maximum absolute atomic E-state index is 12.9. The van der Waals surface area contributed by atoms with Gasteiger partial charge in [0.1, 0.15) is 6.04 Å². The van der Waals surface area contributed by atoms with Gasteiger partial charge in [0.25, 0.3) is 5.91 Å². The summed E-state index contributed by atoms with van der Waals surface area (Å²) in [6, 6.07) is 17.1. The van der Waals surface area contributed by atoms with Gasteiger partial charge in [-0.15, -0.1) is 0 Å². The molecule has 0 saturated carbocycles. The highest BCUT2D eigenvalue weighted by molar-refractivity contribution is 8.13. The lowest BCUT2D eigenvalue weighted by Crippen LogP contribution is -2.35. The van der Waals surface area contributed by atoms with Crippen molar-refractivity contribution >= 4 is 40.5 Å².